The minimum Gasteiger partial charge on any atom is -0.372 e. The van der Waals surface area contributed by atoms with E-state index in [2.05, 4.69) is 117 Å². The van der Waals surface area contributed by atoms with Crippen LogP contribution in [0.25, 0.3) is 12.2 Å². The second-order valence-electron chi connectivity index (χ2n) is 9.74. The number of anilines is 1. The number of rotatable bonds is 17. The van der Waals surface area contributed by atoms with Crippen LogP contribution in [0.1, 0.15) is 77.8 Å². The molecule has 3 heteroatoms. The van der Waals surface area contributed by atoms with Gasteiger partial charge in [0.05, 0.1) is 32.6 Å². The first-order chi connectivity index (χ1) is 17.1. The summed E-state index contributed by atoms with van der Waals surface area (Å²) in [5.74, 6) is 0. The van der Waals surface area contributed by atoms with Crippen LogP contribution in [0, 0.1) is 0 Å². The van der Waals surface area contributed by atoms with Crippen molar-refractivity contribution in [2.75, 3.05) is 44.2 Å². The van der Waals surface area contributed by atoms with Gasteiger partial charge in [-0.05, 0) is 56.9 Å². The van der Waals surface area contributed by atoms with Crippen molar-refractivity contribution in [1.29, 1.82) is 0 Å². The Morgan fingerprint density at radius 3 is 1.69 bits per heavy atom. The molecular weight excluding hydrogens is 426 g/mol. The van der Waals surface area contributed by atoms with Crippen molar-refractivity contribution in [3.8, 4) is 0 Å². The van der Waals surface area contributed by atoms with Crippen LogP contribution in [0.4, 0.5) is 5.69 Å². The number of unbranched alkanes of at least 4 members (excludes halogenated alkanes) is 2. The average molecular weight is 478 g/mol. The lowest BCUT2D eigenvalue weighted by Gasteiger charge is -2.35. The Kier molecular flexibility index (Phi) is 13.4. The maximum absolute atomic E-state index is 2.54. The molecule has 0 aliphatic carbocycles. The summed E-state index contributed by atoms with van der Waals surface area (Å²) in [6.45, 7) is 19.9. The van der Waals surface area contributed by atoms with E-state index in [0.29, 0.717) is 0 Å². The van der Waals surface area contributed by atoms with Crippen molar-refractivity contribution in [2.24, 2.45) is 0 Å². The summed E-state index contributed by atoms with van der Waals surface area (Å²) in [5.41, 5.74) is 3.83. The van der Waals surface area contributed by atoms with E-state index in [1.165, 1.54) is 79.6 Å². The molecule has 0 unspecified atom stereocenters. The van der Waals surface area contributed by atoms with Gasteiger partial charge in [0, 0.05) is 30.9 Å². The van der Waals surface area contributed by atoms with Crippen LogP contribution in [-0.2, 0) is 6.54 Å². The van der Waals surface area contributed by atoms with Gasteiger partial charge >= 0.3 is 0 Å². The highest BCUT2D eigenvalue weighted by Gasteiger charge is 2.20. The smallest absolute Gasteiger partial charge is 0.169 e. The Bertz CT molecular complexity index is 844. The van der Waals surface area contributed by atoms with Gasteiger partial charge in [-0.3, -0.25) is 0 Å². The number of aryl methyl sites for hydroxylation is 1. The Morgan fingerprint density at radius 1 is 0.686 bits per heavy atom. The molecule has 0 atom stereocenters. The standard InChI is InChI=1S/C32H51N3/c1-6-11-25-34(26-12-7-2)32-20-18-30(19-21-32)16-13-14-17-31-22-27-33(28-23-31)24-15-29-35(8-3,9-4)10-5/h13-14,16-23,27-28H,6-12,15,24-26,29H2,1-5H3/q+2. The summed E-state index contributed by atoms with van der Waals surface area (Å²) in [5, 5.41) is 0. The van der Waals surface area contributed by atoms with Crippen LogP contribution in [-0.4, -0.2) is 43.8 Å². The van der Waals surface area contributed by atoms with E-state index >= 15 is 0 Å². The molecule has 1 aromatic carbocycles. The minimum absolute atomic E-state index is 1.09. The maximum Gasteiger partial charge on any atom is 0.169 e. The van der Waals surface area contributed by atoms with Gasteiger partial charge in [0.1, 0.15) is 0 Å². The number of nitrogens with zero attached hydrogens (tertiary/aromatic N) is 3. The predicted octanol–water partition coefficient (Wildman–Crippen LogP) is 7.37. The van der Waals surface area contributed by atoms with Crippen LogP contribution < -0.4 is 9.47 Å². The summed E-state index contributed by atoms with van der Waals surface area (Å²) in [7, 11) is 0. The van der Waals surface area contributed by atoms with Crippen molar-refractivity contribution in [3.63, 3.8) is 0 Å². The highest BCUT2D eigenvalue weighted by atomic mass is 15.3. The fraction of sp³-hybridized carbons (Fsp3) is 0.531. The molecule has 0 N–H and O–H groups in total. The largest absolute Gasteiger partial charge is 0.372 e. The van der Waals surface area contributed by atoms with Gasteiger partial charge in [0.25, 0.3) is 0 Å². The van der Waals surface area contributed by atoms with E-state index in [9.17, 15) is 0 Å². The van der Waals surface area contributed by atoms with Gasteiger partial charge in [0.2, 0.25) is 0 Å². The zero-order valence-corrected chi connectivity index (χ0v) is 23.3. The van der Waals surface area contributed by atoms with E-state index in [0.717, 1.165) is 19.6 Å². The highest BCUT2D eigenvalue weighted by Crippen LogP contribution is 2.18. The van der Waals surface area contributed by atoms with Crippen molar-refractivity contribution < 1.29 is 9.05 Å². The number of benzene rings is 1. The molecule has 2 rings (SSSR count). The third kappa shape index (κ3) is 10.0. The molecule has 0 amide bonds. The van der Waals surface area contributed by atoms with Crippen LogP contribution in [0.15, 0.2) is 60.9 Å². The lowest BCUT2D eigenvalue weighted by Crippen LogP contribution is -2.49. The molecule has 0 saturated heterocycles. The molecule has 3 nitrogen and oxygen atoms in total. The maximum atomic E-state index is 2.54. The average Bonchev–Trinajstić information content (AvgIpc) is 2.91. The van der Waals surface area contributed by atoms with Gasteiger partial charge in [-0.1, -0.05) is 63.1 Å². The first-order valence-electron chi connectivity index (χ1n) is 14.1. The van der Waals surface area contributed by atoms with Gasteiger partial charge in [-0.15, -0.1) is 0 Å². The Labute approximate surface area is 216 Å². The fourth-order valence-corrected chi connectivity index (χ4v) is 4.66. The molecule has 0 spiro atoms. The molecule has 0 radical (unpaired) electrons. The summed E-state index contributed by atoms with van der Waals surface area (Å²) in [6.07, 6.45) is 19.3. The molecule has 0 aliphatic rings. The summed E-state index contributed by atoms with van der Waals surface area (Å²) in [6, 6.07) is 13.4. The molecule has 0 bridgehead atoms. The number of allylic oxidation sites excluding steroid dienone is 2. The number of pyridine rings is 1. The number of hydrogen-bond acceptors (Lipinski definition) is 1. The zero-order valence-electron chi connectivity index (χ0n) is 23.3. The molecule has 1 aromatic heterocycles. The Balaban J connectivity index is 1.85. The fourth-order valence-electron chi connectivity index (χ4n) is 4.66. The minimum atomic E-state index is 1.09. The molecule has 2 aromatic rings. The Morgan fingerprint density at radius 2 is 1.20 bits per heavy atom. The van der Waals surface area contributed by atoms with Crippen molar-refractivity contribution in [3.05, 3.63) is 72.1 Å². The third-order valence-corrected chi connectivity index (χ3v) is 7.49. The monoisotopic (exact) mass is 477 g/mol. The second-order valence-corrected chi connectivity index (χ2v) is 9.74. The van der Waals surface area contributed by atoms with Gasteiger partial charge < -0.3 is 9.38 Å². The van der Waals surface area contributed by atoms with Crippen molar-refractivity contribution >= 4 is 17.8 Å². The molecule has 0 saturated carbocycles. The zero-order chi connectivity index (χ0) is 25.4. The molecule has 0 fully saturated rings. The van der Waals surface area contributed by atoms with Crippen molar-refractivity contribution in [1.82, 2.24) is 0 Å². The number of quaternary nitrogens is 1. The van der Waals surface area contributed by atoms with Gasteiger partial charge in [0.15, 0.2) is 18.9 Å². The molecule has 0 aliphatic heterocycles. The van der Waals surface area contributed by atoms with E-state index < -0.39 is 0 Å². The van der Waals surface area contributed by atoms with Crippen LogP contribution in [0.3, 0.4) is 0 Å². The van der Waals surface area contributed by atoms with Crippen LogP contribution >= 0.6 is 0 Å². The second kappa shape index (κ2) is 16.3. The van der Waals surface area contributed by atoms with Crippen LogP contribution in [0.5, 0.6) is 0 Å². The lowest BCUT2D eigenvalue weighted by molar-refractivity contribution is -0.925. The molecule has 1 heterocycles. The van der Waals surface area contributed by atoms with Gasteiger partial charge in [-0.2, -0.15) is 0 Å². The lowest BCUT2D eigenvalue weighted by atomic mass is 10.1. The van der Waals surface area contributed by atoms with Crippen LogP contribution in [0.2, 0.25) is 0 Å². The quantitative estimate of drug-likeness (QED) is 0.131. The summed E-state index contributed by atoms with van der Waals surface area (Å²) < 4.78 is 3.54. The predicted molar refractivity (Wildman–Crippen MR) is 155 cm³/mol. The van der Waals surface area contributed by atoms with Crippen molar-refractivity contribution in [2.45, 2.75) is 73.3 Å². The summed E-state index contributed by atoms with van der Waals surface area (Å²) >= 11 is 0. The van der Waals surface area contributed by atoms with E-state index in [1.807, 2.05) is 0 Å². The summed E-state index contributed by atoms with van der Waals surface area (Å²) in [4.78, 5) is 2.54. The SMILES string of the molecule is CCCCN(CCCC)c1ccc(C=CC=Cc2cc[n+](CCC[N+](CC)(CC)CC)cc2)cc1. The van der Waals surface area contributed by atoms with E-state index in [-0.39, 0.29) is 0 Å². The topological polar surface area (TPSA) is 7.12 Å². The normalized spacial score (nSPS) is 12.1. The third-order valence-electron chi connectivity index (χ3n) is 7.49. The van der Waals surface area contributed by atoms with E-state index in [1.54, 1.807) is 0 Å². The Hall–Kier alpha value is -2.39. The van der Waals surface area contributed by atoms with E-state index in [4.69, 9.17) is 0 Å². The number of aromatic nitrogens is 1. The molecule has 35 heavy (non-hydrogen) atoms. The highest BCUT2D eigenvalue weighted by molar-refractivity contribution is 5.59. The molecule has 192 valence electrons. The first kappa shape index (κ1) is 28.8. The number of hydrogen-bond donors (Lipinski definition) is 0. The first-order valence-corrected chi connectivity index (χ1v) is 14.1. The van der Waals surface area contributed by atoms with Gasteiger partial charge in [-0.25, -0.2) is 4.57 Å². The molecular formula is C32H51N3+2.